The van der Waals surface area contributed by atoms with Crippen LogP contribution in [0.15, 0.2) is 53.6 Å². The molecule has 0 aliphatic rings. The SMILES string of the molecule is CC(C)COc1ccc(/C=N\NC(=O)c2ccc(Cl)cc2)cc1. The molecule has 0 radical (unpaired) electrons. The standard InChI is InChI=1S/C18H19ClN2O2/c1-13(2)12-23-17-9-3-14(4-10-17)11-20-21-18(22)15-5-7-16(19)8-6-15/h3-11,13H,12H2,1-2H3,(H,21,22)/b20-11-. The van der Waals surface area contributed by atoms with Crippen molar-refractivity contribution >= 4 is 23.7 Å². The van der Waals surface area contributed by atoms with Crippen molar-refractivity contribution in [1.82, 2.24) is 5.43 Å². The van der Waals surface area contributed by atoms with Crippen molar-refractivity contribution in [3.8, 4) is 5.75 Å². The lowest BCUT2D eigenvalue weighted by molar-refractivity contribution is 0.0955. The van der Waals surface area contributed by atoms with Crippen molar-refractivity contribution < 1.29 is 9.53 Å². The number of nitrogens with zero attached hydrogens (tertiary/aromatic N) is 1. The monoisotopic (exact) mass is 330 g/mol. The van der Waals surface area contributed by atoms with Crippen molar-refractivity contribution in [2.45, 2.75) is 13.8 Å². The van der Waals surface area contributed by atoms with Crippen LogP contribution >= 0.6 is 11.6 Å². The fourth-order valence-electron chi connectivity index (χ4n) is 1.74. The number of ether oxygens (including phenoxy) is 1. The lowest BCUT2D eigenvalue weighted by atomic mass is 10.2. The molecule has 0 atom stereocenters. The topological polar surface area (TPSA) is 50.7 Å². The molecule has 0 bridgehead atoms. The van der Waals surface area contributed by atoms with Crippen LogP contribution in [0.25, 0.3) is 0 Å². The fourth-order valence-corrected chi connectivity index (χ4v) is 1.87. The molecule has 2 aromatic carbocycles. The number of hydrogen-bond donors (Lipinski definition) is 1. The number of amides is 1. The molecular weight excluding hydrogens is 312 g/mol. The Kier molecular flexibility index (Phi) is 6.18. The van der Waals surface area contributed by atoms with Gasteiger partial charge in [0.2, 0.25) is 0 Å². The number of carbonyl (C=O) groups is 1. The maximum Gasteiger partial charge on any atom is 0.271 e. The van der Waals surface area contributed by atoms with E-state index in [1.54, 1.807) is 30.5 Å². The molecule has 0 fully saturated rings. The van der Waals surface area contributed by atoms with Crippen molar-refractivity contribution in [3.05, 3.63) is 64.7 Å². The molecule has 0 spiro atoms. The van der Waals surface area contributed by atoms with E-state index in [1.807, 2.05) is 24.3 Å². The summed E-state index contributed by atoms with van der Waals surface area (Å²) in [6.07, 6.45) is 1.58. The van der Waals surface area contributed by atoms with Gasteiger partial charge in [0.1, 0.15) is 5.75 Å². The van der Waals surface area contributed by atoms with Crippen LogP contribution in [0.3, 0.4) is 0 Å². The van der Waals surface area contributed by atoms with Crippen LogP contribution < -0.4 is 10.2 Å². The van der Waals surface area contributed by atoms with Crippen molar-refractivity contribution in [2.24, 2.45) is 11.0 Å². The summed E-state index contributed by atoms with van der Waals surface area (Å²) in [7, 11) is 0. The first-order chi connectivity index (χ1) is 11.0. The second-order valence-electron chi connectivity index (χ2n) is 5.48. The molecule has 0 aliphatic carbocycles. The number of halogens is 1. The summed E-state index contributed by atoms with van der Waals surface area (Å²) < 4.78 is 5.61. The summed E-state index contributed by atoms with van der Waals surface area (Å²) >= 11 is 5.78. The first-order valence-electron chi connectivity index (χ1n) is 7.36. The molecule has 0 unspecified atom stereocenters. The van der Waals surface area contributed by atoms with E-state index >= 15 is 0 Å². The molecule has 1 amide bonds. The van der Waals surface area contributed by atoms with Crippen LogP contribution in [0.5, 0.6) is 5.75 Å². The zero-order valence-electron chi connectivity index (χ0n) is 13.1. The molecule has 5 heteroatoms. The molecule has 4 nitrogen and oxygen atoms in total. The Bertz CT molecular complexity index is 664. The molecule has 0 heterocycles. The van der Waals surface area contributed by atoms with Gasteiger partial charge in [-0.05, 0) is 60.0 Å². The normalized spacial score (nSPS) is 11.0. The minimum absolute atomic E-state index is 0.283. The third kappa shape index (κ3) is 5.75. The highest BCUT2D eigenvalue weighted by Crippen LogP contribution is 2.12. The number of nitrogens with one attached hydrogen (secondary N) is 1. The Morgan fingerprint density at radius 1 is 1.17 bits per heavy atom. The van der Waals surface area contributed by atoms with Crippen LogP contribution in [0.1, 0.15) is 29.8 Å². The van der Waals surface area contributed by atoms with E-state index in [1.165, 1.54) is 0 Å². The minimum Gasteiger partial charge on any atom is -0.493 e. The van der Waals surface area contributed by atoms with Crippen LogP contribution in [0.4, 0.5) is 0 Å². The van der Waals surface area contributed by atoms with Crippen molar-refractivity contribution in [3.63, 3.8) is 0 Å². The van der Waals surface area contributed by atoms with Gasteiger partial charge < -0.3 is 4.74 Å². The van der Waals surface area contributed by atoms with Gasteiger partial charge in [0.25, 0.3) is 5.91 Å². The number of hydrogen-bond acceptors (Lipinski definition) is 3. The highest BCUT2D eigenvalue weighted by Gasteiger charge is 2.03. The van der Waals surface area contributed by atoms with Gasteiger partial charge in [-0.2, -0.15) is 5.10 Å². The van der Waals surface area contributed by atoms with Crippen LogP contribution in [-0.2, 0) is 0 Å². The molecule has 23 heavy (non-hydrogen) atoms. The van der Waals surface area contributed by atoms with Crippen LogP contribution in [0.2, 0.25) is 5.02 Å². The summed E-state index contributed by atoms with van der Waals surface area (Å²) in [5.41, 5.74) is 3.85. The minimum atomic E-state index is -0.283. The van der Waals surface area contributed by atoms with E-state index in [0.717, 1.165) is 11.3 Å². The third-order valence-corrected chi connectivity index (χ3v) is 3.20. The van der Waals surface area contributed by atoms with Crippen LogP contribution in [0, 0.1) is 5.92 Å². The average molecular weight is 331 g/mol. The average Bonchev–Trinajstić information content (AvgIpc) is 2.54. The molecule has 0 saturated heterocycles. The molecule has 2 aromatic rings. The zero-order chi connectivity index (χ0) is 16.7. The van der Waals surface area contributed by atoms with E-state index in [9.17, 15) is 4.79 Å². The first-order valence-corrected chi connectivity index (χ1v) is 7.74. The van der Waals surface area contributed by atoms with E-state index in [-0.39, 0.29) is 5.91 Å². The van der Waals surface area contributed by atoms with Crippen molar-refractivity contribution in [2.75, 3.05) is 6.61 Å². The molecule has 120 valence electrons. The summed E-state index contributed by atoms with van der Waals surface area (Å²) in [6, 6.07) is 14.1. The zero-order valence-corrected chi connectivity index (χ0v) is 13.9. The Morgan fingerprint density at radius 3 is 2.43 bits per heavy atom. The van der Waals surface area contributed by atoms with Gasteiger partial charge in [-0.15, -0.1) is 0 Å². The third-order valence-electron chi connectivity index (χ3n) is 2.95. The second-order valence-corrected chi connectivity index (χ2v) is 5.92. The van der Waals surface area contributed by atoms with Gasteiger partial charge in [0.15, 0.2) is 0 Å². The van der Waals surface area contributed by atoms with Gasteiger partial charge in [0, 0.05) is 10.6 Å². The second kappa shape index (κ2) is 8.34. The summed E-state index contributed by atoms with van der Waals surface area (Å²) in [4.78, 5) is 11.9. The van der Waals surface area contributed by atoms with E-state index in [4.69, 9.17) is 16.3 Å². The van der Waals surface area contributed by atoms with Gasteiger partial charge in [-0.1, -0.05) is 25.4 Å². The van der Waals surface area contributed by atoms with E-state index in [0.29, 0.717) is 23.1 Å². The van der Waals surface area contributed by atoms with Gasteiger partial charge in [-0.25, -0.2) is 5.43 Å². The number of benzene rings is 2. The smallest absolute Gasteiger partial charge is 0.271 e. The summed E-state index contributed by atoms with van der Waals surface area (Å²) in [5, 5.41) is 4.53. The lowest BCUT2D eigenvalue weighted by Crippen LogP contribution is -2.17. The summed E-state index contributed by atoms with van der Waals surface area (Å²) in [5.74, 6) is 1.02. The molecule has 0 aliphatic heterocycles. The predicted molar refractivity (Wildman–Crippen MR) is 93.3 cm³/mol. The molecule has 0 aromatic heterocycles. The van der Waals surface area contributed by atoms with E-state index < -0.39 is 0 Å². The molecule has 2 rings (SSSR count). The molecular formula is C18H19ClN2O2. The van der Waals surface area contributed by atoms with Crippen LogP contribution in [-0.4, -0.2) is 18.7 Å². The highest BCUT2D eigenvalue weighted by molar-refractivity contribution is 6.30. The Hall–Kier alpha value is -2.33. The summed E-state index contributed by atoms with van der Waals surface area (Å²) in [6.45, 7) is 4.89. The Morgan fingerprint density at radius 2 is 1.83 bits per heavy atom. The Balaban J connectivity index is 1.87. The first kappa shape index (κ1) is 17.0. The maximum absolute atomic E-state index is 11.9. The van der Waals surface area contributed by atoms with Gasteiger partial charge in [-0.3, -0.25) is 4.79 Å². The van der Waals surface area contributed by atoms with Gasteiger partial charge in [0.05, 0.1) is 12.8 Å². The maximum atomic E-state index is 11.9. The predicted octanol–water partition coefficient (Wildman–Crippen LogP) is 4.14. The Labute approximate surface area is 141 Å². The largest absolute Gasteiger partial charge is 0.493 e. The highest BCUT2D eigenvalue weighted by atomic mass is 35.5. The quantitative estimate of drug-likeness (QED) is 0.639. The molecule has 0 saturated carbocycles. The fraction of sp³-hybridized carbons (Fsp3) is 0.222. The van der Waals surface area contributed by atoms with Gasteiger partial charge >= 0.3 is 0 Å². The van der Waals surface area contributed by atoms with E-state index in [2.05, 4.69) is 24.4 Å². The number of hydrazone groups is 1. The van der Waals surface area contributed by atoms with Crippen molar-refractivity contribution in [1.29, 1.82) is 0 Å². The number of carbonyl (C=O) groups excluding carboxylic acids is 1. The number of rotatable bonds is 6. The lowest BCUT2D eigenvalue weighted by Gasteiger charge is -2.08. The molecule has 1 N–H and O–H groups in total.